The topological polar surface area (TPSA) is 87.7 Å². The van der Waals surface area contributed by atoms with Crippen molar-refractivity contribution in [2.24, 2.45) is 10.8 Å². The second kappa shape index (κ2) is 17.1. The van der Waals surface area contributed by atoms with E-state index in [1.165, 1.54) is 41.0 Å². The van der Waals surface area contributed by atoms with Gasteiger partial charge in [0.1, 0.15) is 11.6 Å². The quantitative estimate of drug-likeness (QED) is 0.114. The predicted octanol–water partition coefficient (Wildman–Crippen LogP) is 7.69. The lowest BCUT2D eigenvalue weighted by Gasteiger charge is -2.39. The second-order valence-corrected chi connectivity index (χ2v) is 12.4. The van der Waals surface area contributed by atoms with E-state index in [0.29, 0.717) is 25.2 Å². The Labute approximate surface area is 283 Å². The molecule has 6 rings (SSSR count). The van der Waals surface area contributed by atoms with Crippen molar-refractivity contribution >= 4 is 11.4 Å². The van der Waals surface area contributed by atoms with Crippen LogP contribution in [-0.4, -0.2) is 62.2 Å². The van der Waals surface area contributed by atoms with Crippen molar-refractivity contribution in [3.05, 3.63) is 141 Å². The van der Waals surface area contributed by atoms with E-state index >= 15 is 0 Å². The number of halogens is 2. The van der Waals surface area contributed by atoms with Crippen molar-refractivity contribution in [1.82, 2.24) is 9.80 Å². The summed E-state index contributed by atoms with van der Waals surface area (Å²) in [5.41, 5.74) is 21.0. The Morgan fingerprint density at radius 2 is 0.979 bits per heavy atom. The molecule has 2 saturated heterocycles. The summed E-state index contributed by atoms with van der Waals surface area (Å²) in [6.45, 7) is 13.2. The molecule has 4 aromatic rings. The van der Waals surface area contributed by atoms with Crippen LogP contribution in [0.25, 0.3) is 10.4 Å². The summed E-state index contributed by atoms with van der Waals surface area (Å²) in [7, 11) is 0. The Bertz CT molecular complexity index is 1590. The molecule has 48 heavy (non-hydrogen) atoms. The molecule has 0 aliphatic carbocycles. The number of rotatable bonds is 9. The fourth-order valence-electron chi connectivity index (χ4n) is 6.41. The van der Waals surface area contributed by atoms with E-state index in [2.05, 4.69) is 79.9 Å². The standard InChI is InChI=1S/C19H22FN5.C19H24FN3/c1-15(17-4-2-16(3-5-17)14-22-23-21)24-10-12-25(13-11-24)19-8-6-18(20)7-9-19;1-15(17-4-2-16(14-21)3-5-17)22-10-12-23(13-11-22)19-8-6-18(20)7-9-19/h2-9,15H,10-14H2,1H3;2-9,15H,10-14,21H2,1H3/t2*15-/m00/s1. The minimum absolute atomic E-state index is 0.179. The monoisotopic (exact) mass is 652 g/mol. The Morgan fingerprint density at radius 3 is 1.33 bits per heavy atom. The zero-order chi connectivity index (χ0) is 33.9. The van der Waals surface area contributed by atoms with Gasteiger partial charge in [0, 0.05) is 87.3 Å². The minimum Gasteiger partial charge on any atom is -0.369 e. The van der Waals surface area contributed by atoms with Gasteiger partial charge >= 0.3 is 0 Å². The highest BCUT2D eigenvalue weighted by molar-refractivity contribution is 5.47. The third kappa shape index (κ3) is 9.33. The molecule has 2 aliphatic heterocycles. The van der Waals surface area contributed by atoms with Gasteiger partial charge in [-0.1, -0.05) is 53.6 Å². The van der Waals surface area contributed by atoms with Crippen LogP contribution in [0.3, 0.4) is 0 Å². The number of nitrogens with two attached hydrogens (primary N) is 1. The van der Waals surface area contributed by atoms with Gasteiger partial charge in [0.25, 0.3) is 0 Å². The summed E-state index contributed by atoms with van der Waals surface area (Å²) in [5.74, 6) is -0.373. The van der Waals surface area contributed by atoms with Crippen molar-refractivity contribution in [1.29, 1.82) is 0 Å². The molecule has 2 heterocycles. The van der Waals surface area contributed by atoms with Crippen LogP contribution in [0.15, 0.2) is 102 Å². The van der Waals surface area contributed by atoms with Gasteiger partial charge in [0.15, 0.2) is 0 Å². The van der Waals surface area contributed by atoms with E-state index in [1.54, 1.807) is 0 Å². The molecule has 0 unspecified atom stereocenters. The molecule has 8 nitrogen and oxygen atoms in total. The Hall–Kier alpha value is -4.47. The molecule has 0 saturated carbocycles. The van der Waals surface area contributed by atoms with Crippen LogP contribution in [0.4, 0.5) is 20.2 Å². The number of nitrogens with zero attached hydrogens (tertiary/aromatic N) is 7. The van der Waals surface area contributed by atoms with Crippen LogP contribution in [0, 0.1) is 11.6 Å². The third-order valence-electron chi connectivity index (χ3n) is 9.58. The number of hydrogen-bond donors (Lipinski definition) is 1. The lowest BCUT2D eigenvalue weighted by atomic mass is 10.0. The lowest BCUT2D eigenvalue weighted by molar-refractivity contribution is 0.198. The molecule has 4 aromatic carbocycles. The predicted molar refractivity (Wildman–Crippen MR) is 191 cm³/mol. The molecule has 2 atom stereocenters. The van der Waals surface area contributed by atoms with Crippen molar-refractivity contribution < 1.29 is 8.78 Å². The molecule has 252 valence electrons. The molecule has 0 amide bonds. The van der Waals surface area contributed by atoms with E-state index in [4.69, 9.17) is 11.3 Å². The van der Waals surface area contributed by atoms with E-state index < -0.39 is 0 Å². The molecule has 10 heteroatoms. The van der Waals surface area contributed by atoms with Gasteiger partial charge in [0.05, 0.1) is 6.54 Å². The molecule has 0 aromatic heterocycles. The second-order valence-electron chi connectivity index (χ2n) is 12.4. The first-order chi connectivity index (χ1) is 23.3. The average molecular weight is 653 g/mol. The van der Waals surface area contributed by atoms with Gasteiger partial charge in [-0.25, -0.2) is 8.78 Å². The summed E-state index contributed by atoms with van der Waals surface area (Å²) < 4.78 is 26.1. The van der Waals surface area contributed by atoms with Gasteiger partial charge in [-0.15, -0.1) is 0 Å². The Kier molecular flexibility index (Phi) is 12.4. The van der Waals surface area contributed by atoms with Gasteiger partial charge in [-0.3, -0.25) is 9.80 Å². The summed E-state index contributed by atoms with van der Waals surface area (Å²) >= 11 is 0. The fourth-order valence-corrected chi connectivity index (χ4v) is 6.41. The maximum absolute atomic E-state index is 13.1. The van der Waals surface area contributed by atoms with E-state index in [-0.39, 0.29) is 11.6 Å². The first-order valence-electron chi connectivity index (χ1n) is 16.7. The number of hydrogen-bond acceptors (Lipinski definition) is 6. The van der Waals surface area contributed by atoms with Crippen LogP contribution in [-0.2, 0) is 13.1 Å². The highest BCUT2D eigenvalue weighted by Gasteiger charge is 2.23. The smallest absolute Gasteiger partial charge is 0.123 e. The van der Waals surface area contributed by atoms with Crippen LogP contribution in [0.1, 0.15) is 48.2 Å². The van der Waals surface area contributed by atoms with Crippen molar-refractivity contribution in [2.75, 3.05) is 62.2 Å². The average Bonchev–Trinajstić information content (AvgIpc) is 3.15. The molecule has 0 radical (unpaired) electrons. The Morgan fingerprint density at radius 1 is 0.604 bits per heavy atom. The molecule has 2 fully saturated rings. The fraction of sp³-hybridized carbons (Fsp3) is 0.368. The molecule has 0 spiro atoms. The van der Waals surface area contributed by atoms with Crippen LogP contribution >= 0.6 is 0 Å². The molecular formula is C38H46F2N8. The van der Waals surface area contributed by atoms with E-state index in [0.717, 1.165) is 69.3 Å². The highest BCUT2D eigenvalue weighted by atomic mass is 19.1. The summed E-state index contributed by atoms with van der Waals surface area (Å²) in [4.78, 5) is 12.4. The number of piperazine rings is 2. The van der Waals surface area contributed by atoms with Gasteiger partial charge < -0.3 is 15.5 Å². The van der Waals surface area contributed by atoms with E-state index in [1.807, 2.05) is 36.4 Å². The summed E-state index contributed by atoms with van der Waals surface area (Å²) in [6, 6.07) is 31.1. The molecule has 2 N–H and O–H groups in total. The number of benzene rings is 4. The molecule has 2 aliphatic rings. The zero-order valence-corrected chi connectivity index (χ0v) is 27.9. The normalized spacial score (nSPS) is 16.8. The van der Waals surface area contributed by atoms with Crippen LogP contribution in [0.2, 0.25) is 0 Å². The first kappa shape index (κ1) is 34.9. The highest BCUT2D eigenvalue weighted by Crippen LogP contribution is 2.26. The molecular weight excluding hydrogens is 606 g/mol. The number of azide groups is 1. The molecule has 0 bridgehead atoms. The van der Waals surface area contributed by atoms with Gasteiger partial charge in [-0.05, 0) is 90.2 Å². The largest absolute Gasteiger partial charge is 0.369 e. The first-order valence-corrected chi connectivity index (χ1v) is 16.7. The minimum atomic E-state index is -0.195. The summed E-state index contributed by atoms with van der Waals surface area (Å²) in [6.07, 6.45) is 0. The van der Waals surface area contributed by atoms with Gasteiger partial charge in [0.2, 0.25) is 0 Å². The third-order valence-corrected chi connectivity index (χ3v) is 9.58. The van der Waals surface area contributed by atoms with E-state index in [9.17, 15) is 8.78 Å². The number of anilines is 2. The zero-order valence-electron chi connectivity index (χ0n) is 27.9. The Balaban J connectivity index is 0.000000188. The van der Waals surface area contributed by atoms with Gasteiger partial charge in [-0.2, -0.15) is 0 Å². The lowest BCUT2D eigenvalue weighted by Crippen LogP contribution is -2.47. The maximum Gasteiger partial charge on any atom is 0.123 e. The van der Waals surface area contributed by atoms with Crippen molar-refractivity contribution in [3.8, 4) is 0 Å². The van der Waals surface area contributed by atoms with Crippen LogP contribution < -0.4 is 15.5 Å². The van der Waals surface area contributed by atoms with Crippen molar-refractivity contribution in [3.63, 3.8) is 0 Å². The SMILES string of the molecule is C[C@@H](c1ccc(CN)cc1)N1CCN(c2ccc(F)cc2)CC1.C[C@@H](c1ccc(CN=[N+]=[N-])cc1)N1CCN(c2ccc(F)cc2)CC1. The summed E-state index contributed by atoms with van der Waals surface area (Å²) in [5, 5.41) is 3.59. The van der Waals surface area contributed by atoms with Crippen LogP contribution in [0.5, 0.6) is 0 Å². The maximum atomic E-state index is 13.1. The van der Waals surface area contributed by atoms with Crippen molar-refractivity contribution in [2.45, 2.75) is 39.0 Å².